The van der Waals surface area contributed by atoms with Gasteiger partial charge in [0.1, 0.15) is 5.69 Å². The van der Waals surface area contributed by atoms with Crippen molar-refractivity contribution in [1.29, 1.82) is 0 Å². The number of hydrogen-bond acceptors (Lipinski definition) is 7. The van der Waals surface area contributed by atoms with E-state index in [-0.39, 0.29) is 23.5 Å². The number of aryl methyl sites for hydroxylation is 1. The number of nitro benzene ring substituents is 1. The lowest BCUT2D eigenvalue weighted by Crippen LogP contribution is -2.24. The lowest BCUT2D eigenvalue weighted by molar-refractivity contribution is -0.384. The minimum atomic E-state index is -0.550. The summed E-state index contributed by atoms with van der Waals surface area (Å²) in [5.74, 6) is 0.258. The Hall–Kier alpha value is -2.97. The van der Waals surface area contributed by atoms with Crippen LogP contribution in [-0.2, 0) is 6.54 Å². The quantitative estimate of drug-likeness (QED) is 0.627. The molecular weight excluding hydrogens is 278 g/mol. The van der Waals surface area contributed by atoms with Crippen molar-refractivity contribution in [3.05, 3.63) is 45.6 Å². The van der Waals surface area contributed by atoms with Gasteiger partial charge in [-0.3, -0.25) is 14.9 Å². The van der Waals surface area contributed by atoms with Crippen molar-refractivity contribution in [3.63, 3.8) is 0 Å². The van der Waals surface area contributed by atoms with E-state index in [0.29, 0.717) is 11.7 Å². The average Bonchev–Trinajstić information content (AvgIpc) is 2.89. The second-order valence-corrected chi connectivity index (χ2v) is 4.12. The fraction of sp³-hybridized carbons (Fsp3) is 0.250. The molecule has 9 heteroatoms. The summed E-state index contributed by atoms with van der Waals surface area (Å²) >= 11 is 0. The number of anilines is 1. The van der Waals surface area contributed by atoms with Gasteiger partial charge in [-0.05, 0) is 6.07 Å². The molecule has 2 N–H and O–H groups in total. The van der Waals surface area contributed by atoms with Gasteiger partial charge in [-0.1, -0.05) is 11.2 Å². The number of para-hydroxylation sites is 1. The maximum atomic E-state index is 12.1. The Labute approximate surface area is 119 Å². The largest absolute Gasteiger partial charge is 0.382 e. The molecule has 21 heavy (non-hydrogen) atoms. The first-order valence-corrected chi connectivity index (χ1v) is 6.05. The van der Waals surface area contributed by atoms with E-state index in [2.05, 4.69) is 20.8 Å². The Morgan fingerprint density at radius 1 is 1.48 bits per heavy atom. The smallest absolute Gasteiger partial charge is 0.293 e. The van der Waals surface area contributed by atoms with Crippen LogP contribution in [0.5, 0.6) is 0 Å². The lowest BCUT2D eigenvalue weighted by atomic mass is 10.1. The Balaban J connectivity index is 2.19. The number of carbonyl (C=O) groups is 1. The topological polar surface area (TPSA) is 123 Å². The zero-order valence-electron chi connectivity index (χ0n) is 11.4. The minimum absolute atomic E-state index is 0.0714. The Bertz CT molecular complexity index is 682. The standard InChI is InChI=1S/C12H13N5O4/c1-7-15-10(16-21-7)6-14-12(18)8-4-3-5-9(17(19)20)11(8)13-2/h3-5,13H,6H2,1-2H3,(H,14,18). The highest BCUT2D eigenvalue weighted by Crippen LogP contribution is 2.27. The summed E-state index contributed by atoms with van der Waals surface area (Å²) in [5.41, 5.74) is 0.164. The number of benzene rings is 1. The SMILES string of the molecule is CNc1c(C(=O)NCc2noc(C)n2)cccc1[N+](=O)[O-]. The van der Waals surface area contributed by atoms with Crippen molar-refractivity contribution in [1.82, 2.24) is 15.5 Å². The molecule has 1 aromatic carbocycles. The van der Waals surface area contributed by atoms with E-state index in [9.17, 15) is 14.9 Å². The van der Waals surface area contributed by atoms with E-state index in [4.69, 9.17) is 4.52 Å². The highest BCUT2D eigenvalue weighted by atomic mass is 16.6. The third-order valence-corrected chi connectivity index (χ3v) is 2.71. The summed E-state index contributed by atoms with van der Waals surface area (Å²) in [4.78, 5) is 26.5. The maximum absolute atomic E-state index is 12.1. The van der Waals surface area contributed by atoms with Gasteiger partial charge in [-0.2, -0.15) is 4.98 Å². The predicted molar refractivity (Wildman–Crippen MR) is 72.8 cm³/mol. The molecule has 110 valence electrons. The van der Waals surface area contributed by atoms with E-state index < -0.39 is 10.8 Å². The van der Waals surface area contributed by atoms with Crippen LogP contribution in [0.4, 0.5) is 11.4 Å². The van der Waals surface area contributed by atoms with Crippen LogP contribution in [0, 0.1) is 17.0 Å². The van der Waals surface area contributed by atoms with Gasteiger partial charge in [0, 0.05) is 20.0 Å². The molecule has 0 radical (unpaired) electrons. The van der Waals surface area contributed by atoms with E-state index in [1.54, 1.807) is 6.92 Å². The van der Waals surface area contributed by atoms with Gasteiger partial charge in [0.15, 0.2) is 5.82 Å². The second-order valence-electron chi connectivity index (χ2n) is 4.12. The molecule has 0 unspecified atom stereocenters. The number of nitrogens with one attached hydrogen (secondary N) is 2. The Morgan fingerprint density at radius 3 is 2.81 bits per heavy atom. The molecule has 2 aromatic rings. The average molecular weight is 291 g/mol. The fourth-order valence-electron chi connectivity index (χ4n) is 1.81. The number of hydrogen-bond donors (Lipinski definition) is 2. The molecule has 0 saturated carbocycles. The fourth-order valence-corrected chi connectivity index (χ4v) is 1.81. The molecule has 0 aliphatic rings. The van der Waals surface area contributed by atoms with Gasteiger partial charge >= 0.3 is 0 Å². The molecule has 0 aliphatic carbocycles. The van der Waals surface area contributed by atoms with Crippen LogP contribution in [0.2, 0.25) is 0 Å². The monoisotopic (exact) mass is 291 g/mol. The van der Waals surface area contributed by atoms with E-state index in [1.807, 2.05) is 0 Å². The van der Waals surface area contributed by atoms with Gasteiger partial charge < -0.3 is 15.2 Å². The van der Waals surface area contributed by atoms with Crippen molar-refractivity contribution in [2.75, 3.05) is 12.4 Å². The first kappa shape index (κ1) is 14.4. The van der Waals surface area contributed by atoms with Crippen LogP contribution >= 0.6 is 0 Å². The zero-order chi connectivity index (χ0) is 15.4. The lowest BCUT2D eigenvalue weighted by Gasteiger charge is -2.09. The minimum Gasteiger partial charge on any atom is -0.382 e. The van der Waals surface area contributed by atoms with E-state index >= 15 is 0 Å². The molecule has 9 nitrogen and oxygen atoms in total. The molecule has 2 rings (SSSR count). The number of amides is 1. The number of nitro groups is 1. The number of rotatable bonds is 5. The van der Waals surface area contributed by atoms with Crippen molar-refractivity contribution in [3.8, 4) is 0 Å². The Kier molecular flexibility index (Phi) is 4.12. The Morgan fingerprint density at radius 2 is 2.24 bits per heavy atom. The molecule has 0 spiro atoms. The van der Waals surface area contributed by atoms with Crippen molar-refractivity contribution >= 4 is 17.3 Å². The number of carbonyl (C=O) groups excluding carboxylic acids is 1. The van der Waals surface area contributed by atoms with Crippen molar-refractivity contribution in [2.45, 2.75) is 13.5 Å². The third-order valence-electron chi connectivity index (χ3n) is 2.71. The van der Waals surface area contributed by atoms with Crippen LogP contribution in [0.1, 0.15) is 22.1 Å². The number of aromatic nitrogens is 2. The molecule has 1 amide bonds. The molecule has 1 aromatic heterocycles. The summed E-state index contributed by atoms with van der Waals surface area (Å²) in [5, 5.41) is 19.8. The van der Waals surface area contributed by atoms with E-state index in [1.165, 1.54) is 25.2 Å². The molecule has 0 fully saturated rings. The van der Waals surface area contributed by atoms with Crippen molar-refractivity contribution < 1.29 is 14.2 Å². The highest BCUT2D eigenvalue weighted by Gasteiger charge is 2.20. The van der Waals surface area contributed by atoms with E-state index in [0.717, 1.165) is 0 Å². The van der Waals surface area contributed by atoms with Crippen LogP contribution in [-0.4, -0.2) is 28.0 Å². The summed E-state index contributed by atoms with van der Waals surface area (Å²) in [6, 6.07) is 4.27. The summed E-state index contributed by atoms with van der Waals surface area (Å²) in [7, 11) is 1.52. The van der Waals surface area contributed by atoms with Crippen molar-refractivity contribution in [2.24, 2.45) is 0 Å². The number of nitrogens with zero attached hydrogens (tertiary/aromatic N) is 3. The van der Waals surface area contributed by atoms with Crippen LogP contribution in [0.15, 0.2) is 22.7 Å². The summed E-state index contributed by atoms with van der Waals surface area (Å²) in [6.07, 6.45) is 0. The van der Waals surface area contributed by atoms with Gasteiger partial charge in [-0.25, -0.2) is 0 Å². The highest BCUT2D eigenvalue weighted by molar-refractivity contribution is 6.01. The first-order chi connectivity index (χ1) is 10.0. The molecule has 0 bridgehead atoms. The summed E-state index contributed by atoms with van der Waals surface area (Å²) < 4.78 is 4.78. The van der Waals surface area contributed by atoms with Crippen LogP contribution in [0.3, 0.4) is 0 Å². The molecule has 1 heterocycles. The third kappa shape index (κ3) is 3.14. The second kappa shape index (κ2) is 5.99. The molecule has 0 saturated heterocycles. The normalized spacial score (nSPS) is 10.2. The van der Waals surface area contributed by atoms with Gasteiger partial charge in [0.05, 0.1) is 17.0 Å². The maximum Gasteiger partial charge on any atom is 0.293 e. The molecule has 0 aliphatic heterocycles. The zero-order valence-corrected chi connectivity index (χ0v) is 11.4. The predicted octanol–water partition coefficient (Wildman–Crippen LogP) is 1.26. The van der Waals surface area contributed by atoms with Crippen LogP contribution in [0.25, 0.3) is 0 Å². The summed E-state index contributed by atoms with van der Waals surface area (Å²) in [6.45, 7) is 1.71. The first-order valence-electron chi connectivity index (χ1n) is 6.05. The van der Waals surface area contributed by atoms with Crippen LogP contribution < -0.4 is 10.6 Å². The molecule has 0 atom stereocenters. The molecular formula is C12H13N5O4. The van der Waals surface area contributed by atoms with Gasteiger partial charge in [0.25, 0.3) is 11.6 Å². The van der Waals surface area contributed by atoms with Gasteiger partial charge in [-0.15, -0.1) is 0 Å². The van der Waals surface area contributed by atoms with Gasteiger partial charge in [0.2, 0.25) is 5.89 Å².